The Hall–Kier alpha value is -2.51. The first-order valence-corrected chi connectivity index (χ1v) is 8.89. The molecule has 0 aromatic carbocycles. The molecule has 0 saturated heterocycles. The van der Waals surface area contributed by atoms with Crippen LogP contribution in [0, 0.1) is 0 Å². The summed E-state index contributed by atoms with van der Waals surface area (Å²) in [7, 11) is 4.01. The SMILES string of the molecule is Cn1cc(CN2CCc3ncn(C)c3[C@H]2COCc2cccnc2)cn1. The second-order valence-corrected chi connectivity index (χ2v) is 6.82. The van der Waals surface area contributed by atoms with Crippen molar-refractivity contribution in [2.24, 2.45) is 14.1 Å². The molecule has 0 aliphatic carbocycles. The van der Waals surface area contributed by atoms with E-state index in [-0.39, 0.29) is 6.04 Å². The number of ether oxygens (including phenoxy) is 1. The lowest BCUT2D eigenvalue weighted by Crippen LogP contribution is -2.38. The highest BCUT2D eigenvalue weighted by Gasteiger charge is 2.31. The van der Waals surface area contributed by atoms with Crippen molar-refractivity contribution < 1.29 is 4.74 Å². The molecule has 0 bridgehead atoms. The summed E-state index contributed by atoms with van der Waals surface area (Å²) >= 11 is 0. The maximum atomic E-state index is 6.07. The van der Waals surface area contributed by atoms with Gasteiger partial charge in [0.05, 0.1) is 43.2 Å². The van der Waals surface area contributed by atoms with Gasteiger partial charge >= 0.3 is 0 Å². The number of aryl methyl sites for hydroxylation is 2. The van der Waals surface area contributed by atoms with E-state index in [1.165, 1.54) is 17.0 Å². The van der Waals surface area contributed by atoms with Crippen molar-refractivity contribution >= 4 is 0 Å². The molecule has 0 N–H and O–H groups in total. The topological polar surface area (TPSA) is 61.0 Å². The van der Waals surface area contributed by atoms with Crippen LogP contribution in [-0.2, 0) is 38.4 Å². The van der Waals surface area contributed by atoms with E-state index in [9.17, 15) is 0 Å². The summed E-state index contributed by atoms with van der Waals surface area (Å²) in [5.41, 5.74) is 4.75. The van der Waals surface area contributed by atoms with Crippen LogP contribution in [0.15, 0.2) is 43.2 Å². The molecule has 0 fully saturated rings. The van der Waals surface area contributed by atoms with Crippen molar-refractivity contribution in [2.45, 2.75) is 25.6 Å². The fraction of sp³-hybridized carbons (Fsp3) is 0.421. The zero-order chi connectivity index (χ0) is 17.9. The monoisotopic (exact) mass is 352 g/mol. The smallest absolute Gasteiger partial charge is 0.0949 e. The Morgan fingerprint density at radius 2 is 2.15 bits per heavy atom. The second kappa shape index (κ2) is 7.39. The Morgan fingerprint density at radius 1 is 1.23 bits per heavy atom. The van der Waals surface area contributed by atoms with Crippen LogP contribution < -0.4 is 0 Å². The number of hydrogen-bond donors (Lipinski definition) is 0. The van der Waals surface area contributed by atoms with E-state index >= 15 is 0 Å². The highest BCUT2D eigenvalue weighted by molar-refractivity contribution is 5.22. The van der Waals surface area contributed by atoms with E-state index in [4.69, 9.17) is 4.74 Å². The molecule has 26 heavy (non-hydrogen) atoms. The maximum absolute atomic E-state index is 6.07. The van der Waals surface area contributed by atoms with Crippen LogP contribution in [0.3, 0.4) is 0 Å². The van der Waals surface area contributed by atoms with E-state index in [0.717, 1.165) is 25.1 Å². The highest BCUT2D eigenvalue weighted by atomic mass is 16.5. The molecule has 1 aliphatic heterocycles. The Kier molecular flexibility index (Phi) is 4.81. The fourth-order valence-corrected chi connectivity index (χ4v) is 3.62. The van der Waals surface area contributed by atoms with E-state index in [1.807, 2.05) is 42.6 Å². The summed E-state index contributed by atoms with van der Waals surface area (Å²) in [5.74, 6) is 0. The summed E-state index contributed by atoms with van der Waals surface area (Å²) in [6.07, 6.45) is 10.5. The molecule has 0 amide bonds. The van der Waals surface area contributed by atoms with E-state index in [2.05, 4.69) is 37.8 Å². The first-order valence-electron chi connectivity index (χ1n) is 8.89. The van der Waals surface area contributed by atoms with Crippen molar-refractivity contribution in [1.82, 2.24) is 29.2 Å². The minimum Gasteiger partial charge on any atom is -0.375 e. The summed E-state index contributed by atoms with van der Waals surface area (Å²) in [4.78, 5) is 11.2. The van der Waals surface area contributed by atoms with Crippen molar-refractivity contribution in [3.63, 3.8) is 0 Å². The molecule has 3 aromatic heterocycles. The average molecular weight is 352 g/mol. The first-order chi connectivity index (χ1) is 12.7. The number of imidazole rings is 1. The van der Waals surface area contributed by atoms with Gasteiger partial charge in [0.15, 0.2) is 0 Å². The van der Waals surface area contributed by atoms with Crippen LogP contribution in [-0.4, -0.2) is 42.4 Å². The number of pyridine rings is 1. The lowest BCUT2D eigenvalue weighted by molar-refractivity contribution is 0.0377. The lowest BCUT2D eigenvalue weighted by atomic mass is 10.0. The van der Waals surface area contributed by atoms with Gasteiger partial charge in [0.25, 0.3) is 0 Å². The molecule has 136 valence electrons. The predicted molar refractivity (Wildman–Crippen MR) is 97.2 cm³/mol. The third kappa shape index (κ3) is 3.54. The van der Waals surface area contributed by atoms with Gasteiger partial charge < -0.3 is 9.30 Å². The molecule has 0 saturated carbocycles. The minimum atomic E-state index is 0.183. The standard InChI is InChI=1S/C19H24N6O/c1-23-14-21-17-5-7-25(11-16-9-22-24(2)10-16)18(19(17)23)13-26-12-15-4-3-6-20-8-15/h3-4,6,8-10,14,18H,5,7,11-13H2,1-2H3/t18-/m1/s1. The van der Waals surface area contributed by atoms with Crippen LogP contribution in [0.4, 0.5) is 0 Å². The lowest BCUT2D eigenvalue weighted by Gasteiger charge is -2.35. The first kappa shape index (κ1) is 16.9. The largest absolute Gasteiger partial charge is 0.375 e. The van der Waals surface area contributed by atoms with Crippen LogP contribution in [0.5, 0.6) is 0 Å². The zero-order valence-electron chi connectivity index (χ0n) is 15.2. The number of hydrogen-bond acceptors (Lipinski definition) is 5. The minimum absolute atomic E-state index is 0.183. The highest BCUT2D eigenvalue weighted by Crippen LogP contribution is 2.30. The molecule has 3 aromatic rings. The summed E-state index contributed by atoms with van der Waals surface area (Å²) in [5, 5.41) is 4.30. The van der Waals surface area contributed by atoms with Crippen molar-refractivity contribution in [1.29, 1.82) is 0 Å². The van der Waals surface area contributed by atoms with Crippen LogP contribution >= 0.6 is 0 Å². The van der Waals surface area contributed by atoms with Gasteiger partial charge in [0.1, 0.15) is 0 Å². The number of nitrogens with zero attached hydrogens (tertiary/aromatic N) is 6. The zero-order valence-corrected chi connectivity index (χ0v) is 15.2. The molecule has 0 unspecified atom stereocenters. The van der Waals surface area contributed by atoms with E-state index in [1.54, 1.807) is 6.20 Å². The van der Waals surface area contributed by atoms with Gasteiger partial charge in [-0.2, -0.15) is 5.10 Å². The van der Waals surface area contributed by atoms with Crippen LogP contribution in [0.1, 0.15) is 28.6 Å². The van der Waals surface area contributed by atoms with E-state index in [0.29, 0.717) is 13.2 Å². The molecular weight excluding hydrogens is 328 g/mol. The van der Waals surface area contributed by atoms with Crippen molar-refractivity contribution in [3.05, 3.63) is 65.8 Å². The Morgan fingerprint density at radius 3 is 2.92 bits per heavy atom. The van der Waals surface area contributed by atoms with Gasteiger partial charge in [-0.3, -0.25) is 14.6 Å². The van der Waals surface area contributed by atoms with Gasteiger partial charge in [-0.1, -0.05) is 6.07 Å². The molecule has 4 rings (SSSR count). The number of aromatic nitrogens is 5. The molecule has 1 atom stereocenters. The summed E-state index contributed by atoms with van der Waals surface area (Å²) < 4.78 is 10.0. The molecule has 0 spiro atoms. The Bertz CT molecular complexity index is 856. The third-order valence-electron chi connectivity index (χ3n) is 4.87. The third-order valence-corrected chi connectivity index (χ3v) is 4.87. The van der Waals surface area contributed by atoms with Gasteiger partial charge in [-0.25, -0.2) is 4.98 Å². The van der Waals surface area contributed by atoms with Gasteiger partial charge in [0.2, 0.25) is 0 Å². The summed E-state index contributed by atoms with van der Waals surface area (Å²) in [6, 6.07) is 4.16. The van der Waals surface area contributed by atoms with Gasteiger partial charge in [0, 0.05) is 57.8 Å². The normalized spacial score (nSPS) is 17.4. The van der Waals surface area contributed by atoms with Gasteiger partial charge in [-0.05, 0) is 11.6 Å². The number of rotatable bonds is 6. The van der Waals surface area contributed by atoms with Crippen LogP contribution in [0.25, 0.3) is 0 Å². The Balaban J connectivity index is 1.50. The van der Waals surface area contributed by atoms with E-state index < -0.39 is 0 Å². The Labute approximate surface area is 153 Å². The van der Waals surface area contributed by atoms with Gasteiger partial charge in [-0.15, -0.1) is 0 Å². The molecule has 0 radical (unpaired) electrons. The average Bonchev–Trinajstić information content (AvgIpc) is 3.23. The quantitative estimate of drug-likeness (QED) is 0.678. The molecule has 4 heterocycles. The second-order valence-electron chi connectivity index (χ2n) is 6.82. The van der Waals surface area contributed by atoms with Crippen molar-refractivity contribution in [2.75, 3.05) is 13.2 Å². The molecule has 7 nitrogen and oxygen atoms in total. The predicted octanol–water partition coefficient (Wildman–Crippen LogP) is 1.86. The maximum Gasteiger partial charge on any atom is 0.0949 e. The number of fused-ring (bicyclic) bond motifs is 1. The molecular formula is C19H24N6O. The summed E-state index contributed by atoms with van der Waals surface area (Å²) in [6.45, 7) is 3.03. The van der Waals surface area contributed by atoms with Crippen molar-refractivity contribution in [3.8, 4) is 0 Å². The molecule has 7 heteroatoms. The van der Waals surface area contributed by atoms with Crippen LogP contribution in [0.2, 0.25) is 0 Å². The fourth-order valence-electron chi connectivity index (χ4n) is 3.62. The molecule has 1 aliphatic rings.